The topological polar surface area (TPSA) is 95.9 Å². The molecule has 7 nitrogen and oxygen atoms in total. The van der Waals surface area contributed by atoms with Crippen molar-refractivity contribution in [3.8, 4) is 5.75 Å². The summed E-state index contributed by atoms with van der Waals surface area (Å²) in [6, 6.07) is 7.08. The Morgan fingerprint density at radius 1 is 1.33 bits per heavy atom. The smallest absolute Gasteiger partial charge is 0.311 e. The molecule has 7 heteroatoms. The van der Waals surface area contributed by atoms with E-state index in [0.717, 1.165) is 5.69 Å². The van der Waals surface area contributed by atoms with Gasteiger partial charge in [0.05, 0.1) is 18.4 Å². The molecule has 1 aliphatic heterocycles. The van der Waals surface area contributed by atoms with Gasteiger partial charge in [-0.15, -0.1) is 0 Å². The number of carboxylic acids is 1. The normalized spacial score (nSPS) is 21.5. The molecular formula is C17H20N2O5. The summed E-state index contributed by atoms with van der Waals surface area (Å²) < 4.78 is 5.09. The molecule has 1 saturated heterocycles. The van der Waals surface area contributed by atoms with Crippen LogP contribution >= 0.6 is 0 Å². The largest absolute Gasteiger partial charge is 0.497 e. The van der Waals surface area contributed by atoms with Crippen LogP contribution in [0.15, 0.2) is 24.3 Å². The van der Waals surface area contributed by atoms with Crippen LogP contribution in [0.4, 0.5) is 5.69 Å². The zero-order valence-corrected chi connectivity index (χ0v) is 13.4. The van der Waals surface area contributed by atoms with Crippen LogP contribution in [0.25, 0.3) is 0 Å². The fourth-order valence-corrected chi connectivity index (χ4v) is 2.91. The van der Waals surface area contributed by atoms with E-state index in [-0.39, 0.29) is 24.8 Å². The van der Waals surface area contributed by atoms with Crippen LogP contribution in [-0.4, -0.2) is 43.1 Å². The lowest BCUT2D eigenvalue weighted by Gasteiger charge is -2.17. The van der Waals surface area contributed by atoms with E-state index in [9.17, 15) is 14.4 Å². The van der Waals surface area contributed by atoms with Crippen LogP contribution in [0.5, 0.6) is 5.75 Å². The standard InChI is InChI=1S/C17H20N2O5/c1-24-13-4-2-12(3-5-13)19-9-11(8-14(19)20)15(21)18-10-17(6-7-17)16(22)23/h2-5,11H,6-10H2,1H3,(H,18,21)(H,22,23). The second-order valence-electron chi connectivity index (χ2n) is 6.41. The molecule has 0 bridgehead atoms. The minimum Gasteiger partial charge on any atom is -0.497 e. The highest BCUT2D eigenvalue weighted by Gasteiger charge is 2.50. The maximum absolute atomic E-state index is 12.3. The fraction of sp³-hybridized carbons (Fsp3) is 0.471. The van der Waals surface area contributed by atoms with Gasteiger partial charge in [-0.1, -0.05) is 0 Å². The lowest BCUT2D eigenvalue weighted by atomic mass is 10.1. The van der Waals surface area contributed by atoms with Gasteiger partial charge in [-0.25, -0.2) is 0 Å². The van der Waals surface area contributed by atoms with Gasteiger partial charge in [-0.2, -0.15) is 0 Å². The highest BCUT2D eigenvalue weighted by Crippen LogP contribution is 2.45. The second-order valence-corrected chi connectivity index (χ2v) is 6.41. The van der Waals surface area contributed by atoms with Crippen LogP contribution in [0.1, 0.15) is 19.3 Å². The average Bonchev–Trinajstić information content (AvgIpc) is 3.29. The molecule has 2 amide bonds. The quantitative estimate of drug-likeness (QED) is 0.811. The molecular weight excluding hydrogens is 312 g/mol. The third-order valence-electron chi connectivity index (χ3n) is 4.79. The number of nitrogens with zero attached hydrogens (tertiary/aromatic N) is 1. The van der Waals surface area contributed by atoms with Crippen LogP contribution in [0, 0.1) is 11.3 Å². The number of hydrogen-bond acceptors (Lipinski definition) is 4. The van der Waals surface area contributed by atoms with Crippen molar-refractivity contribution < 1.29 is 24.2 Å². The van der Waals surface area contributed by atoms with Gasteiger partial charge in [0, 0.05) is 25.2 Å². The molecule has 1 atom stereocenters. The second kappa shape index (κ2) is 6.14. The van der Waals surface area contributed by atoms with Crippen molar-refractivity contribution in [3.05, 3.63) is 24.3 Å². The Kier molecular flexibility index (Phi) is 4.17. The van der Waals surface area contributed by atoms with Gasteiger partial charge in [0.2, 0.25) is 11.8 Å². The molecule has 3 rings (SSSR count). The predicted octanol–water partition coefficient (Wildman–Crippen LogP) is 1.03. The number of rotatable bonds is 6. The van der Waals surface area contributed by atoms with Gasteiger partial charge in [0.15, 0.2) is 0 Å². The molecule has 24 heavy (non-hydrogen) atoms. The first kappa shape index (κ1) is 16.3. The molecule has 1 heterocycles. The van der Waals surface area contributed by atoms with E-state index in [2.05, 4.69) is 5.32 Å². The Hall–Kier alpha value is -2.57. The van der Waals surface area contributed by atoms with Gasteiger partial charge in [0.1, 0.15) is 5.75 Å². The maximum Gasteiger partial charge on any atom is 0.311 e. The van der Waals surface area contributed by atoms with Crippen LogP contribution < -0.4 is 15.0 Å². The highest BCUT2D eigenvalue weighted by molar-refractivity contribution is 6.00. The summed E-state index contributed by atoms with van der Waals surface area (Å²) in [7, 11) is 1.57. The number of nitrogens with one attached hydrogen (secondary N) is 1. The molecule has 2 fully saturated rings. The van der Waals surface area contributed by atoms with Crippen LogP contribution in [0.2, 0.25) is 0 Å². The van der Waals surface area contributed by atoms with Gasteiger partial charge in [-0.3, -0.25) is 14.4 Å². The first-order valence-corrected chi connectivity index (χ1v) is 7.91. The summed E-state index contributed by atoms with van der Waals surface area (Å²) >= 11 is 0. The summed E-state index contributed by atoms with van der Waals surface area (Å²) in [6.45, 7) is 0.436. The molecule has 128 valence electrons. The summed E-state index contributed by atoms with van der Waals surface area (Å²) in [5, 5.41) is 11.8. The zero-order valence-electron chi connectivity index (χ0n) is 13.4. The van der Waals surface area contributed by atoms with Gasteiger partial charge in [0.25, 0.3) is 0 Å². The summed E-state index contributed by atoms with van der Waals surface area (Å²) in [4.78, 5) is 37.2. The zero-order chi connectivity index (χ0) is 17.3. The summed E-state index contributed by atoms with van der Waals surface area (Å²) in [5.74, 6) is -0.996. The van der Waals surface area contributed by atoms with E-state index in [1.165, 1.54) is 0 Å². The summed E-state index contributed by atoms with van der Waals surface area (Å²) in [6.07, 6.45) is 1.31. The molecule has 1 aromatic carbocycles. The van der Waals surface area contributed by atoms with E-state index >= 15 is 0 Å². The lowest BCUT2D eigenvalue weighted by Crippen LogP contribution is -2.38. The molecule has 1 saturated carbocycles. The van der Waals surface area contributed by atoms with E-state index in [4.69, 9.17) is 9.84 Å². The van der Waals surface area contributed by atoms with Crippen molar-refractivity contribution >= 4 is 23.5 Å². The van der Waals surface area contributed by atoms with Crippen LogP contribution in [-0.2, 0) is 14.4 Å². The lowest BCUT2D eigenvalue weighted by molar-refractivity contribution is -0.143. The third kappa shape index (κ3) is 3.06. The number of ether oxygens (including phenoxy) is 1. The molecule has 2 N–H and O–H groups in total. The first-order valence-electron chi connectivity index (χ1n) is 7.91. The van der Waals surface area contributed by atoms with Crippen molar-refractivity contribution in [1.29, 1.82) is 0 Å². The molecule has 1 aliphatic carbocycles. The number of methoxy groups -OCH3 is 1. The van der Waals surface area contributed by atoms with Crippen molar-refractivity contribution in [3.63, 3.8) is 0 Å². The number of carbonyl (C=O) groups excluding carboxylic acids is 2. The highest BCUT2D eigenvalue weighted by atomic mass is 16.5. The van der Waals surface area contributed by atoms with Gasteiger partial charge >= 0.3 is 5.97 Å². The number of anilines is 1. The van der Waals surface area contributed by atoms with Crippen molar-refractivity contribution in [1.82, 2.24) is 5.32 Å². The minimum absolute atomic E-state index is 0.111. The average molecular weight is 332 g/mol. The number of benzene rings is 1. The Morgan fingerprint density at radius 3 is 2.54 bits per heavy atom. The number of amides is 2. The number of carbonyl (C=O) groups is 3. The van der Waals surface area contributed by atoms with E-state index in [1.807, 2.05) is 0 Å². The first-order chi connectivity index (χ1) is 11.4. The van der Waals surface area contributed by atoms with Crippen molar-refractivity contribution in [2.24, 2.45) is 11.3 Å². The SMILES string of the molecule is COc1ccc(N2CC(C(=O)NCC3(C(=O)O)CC3)CC2=O)cc1. The van der Waals surface area contributed by atoms with Gasteiger partial charge in [-0.05, 0) is 37.1 Å². The van der Waals surface area contributed by atoms with Crippen molar-refractivity contribution in [2.75, 3.05) is 25.1 Å². The number of hydrogen-bond donors (Lipinski definition) is 2. The van der Waals surface area contributed by atoms with E-state index in [1.54, 1.807) is 36.3 Å². The maximum atomic E-state index is 12.3. The molecule has 0 aromatic heterocycles. The van der Waals surface area contributed by atoms with E-state index < -0.39 is 17.3 Å². The Bertz CT molecular complexity index is 666. The fourth-order valence-electron chi connectivity index (χ4n) is 2.91. The Balaban J connectivity index is 1.59. The van der Waals surface area contributed by atoms with Crippen LogP contribution in [0.3, 0.4) is 0 Å². The number of aliphatic carboxylic acids is 1. The molecule has 0 radical (unpaired) electrons. The Morgan fingerprint density at radius 2 is 2.00 bits per heavy atom. The molecule has 2 aliphatic rings. The van der Waals surface area contributed by atoms with Gasteiger partial charge < -0.3 is 20.1 Å². The molecule has 1 aromatic rings. The number of carboxylic acid groups (broad SMARTS) is 1. The van der Waals surface area contributed by atoms with E-state index in [0.29, 0.717) is 25.1 Å². The summed E-state index contributed by atoms with van der Waals surface area (Å²) in [5.41, 5.74) is -0.0752. The monoisotopic (exact) mass is 332 g/mol. The molecule has 1 unspecified atom stereocenters. The molecule has 0 spiro atoms. The minimum atomic E-state index is -0.870. The van der Waals surface area contributed by atoms with Crippen molar-refractivity contribution in [2.45, 2.75) is 19.3 Å². The Labute approximate surface area is 139 Å². The third-order valence-corrected chi connectivity index (χ3v) is 4.79. The predicted molar refractivity (Wildman–Crippen MR) is 85.8 cm³/mol.